The summed E-state index contributed by atoms with van der Waals surface area (Å²) in [5.74, 6) is -0.918. The molecule has 0 aromatic heterocycles. The lowest BCUT2D eigenvalue weighted by atomic mass is 10.0. The second-order valence-corrected chi connectivity index (χ2v) is 6.33. The highest BCUT2D eigenvalue weighted by atomic mass is 19.1. The fraction of sp³-hybridized carbons (Fsp3) is 0.368. The monoisotopic (exact) mass is 363 g/mol. The van der Waals surface area contributed by atoms with E-state index in [0.717, 1.165) is 5.56 Å². The van der Waals surface area contributed by atoms with Crippen molar-refractivity contribution in [2.45, 2.75) is 39.1 Å². The third-order valence-corrected chi connectivity index (χ3v) is 4.33. The SMILES string of the molecule is Cc1c([N+](=O)[O-])ccc(OCC(C)(OCc2ccccc2)C(C)O)c1F. The summed E-state index contributed by atoms with van der Waals surface area (Å²) in [6.07, 6.45) is -0.881. The minimum absolute atomic E-state index is 0.101. The van der Waals surface area contributed by atoms with Gasteiger partial charge in [-0.1, -0.05) is 30.3 Å². The Hall–Kier alpha value is -2.51. The zero-order valence-electron chi connectivity index (χ0n) is 14.9. The predicted molar refractivity (Wildman–Crippen MR) is 94.6 cm³/mol. The molecular formula is C19H22FNO5. The molecule has 0 amide bonds. The maximum absolute atomic E-state index is 14.3. The van der Waals surface area contributed by atoms with E-state index in [4.69, 9.17) is 9.47 Å². The van der Waals surface area contributed by atoms with Gasteiger partial charge in [-0.3, -0.25) is 10.1 Å². The van der Waals surface area contributed by atoms with Crippen molar-refractivity contribution in [3.8, 4) is 5.75 Å². The van der Waals surface area contributed by atoms with Crippen LogP contribution >= 0.6 is 0 Å². The van der Waals surface area contributed by atoms with Crippen molar-refractivity contribution in [2.24, 2.45) is 0 Å². The molecule has 7 heteroatoms. The topological polar surface area (TPSA) is 81.8 Å². The van der Waals surface area contributed by atoms with Crippen molar-refractivity contribution >= 4 is 5.69 Å². The van der Waals surface area contributed by atoms with Crippen LogP contribution in [0.1, 0.15) is 25.0 Å². The molecule has 0 aliphatic carbocycles. The molecule has 0 saturated heterocycles. The van der Waals surface area contributed by atoms with E-state index >= 15 is 0 Å². The second-order valence-electron chi connectivity index (χ2n) is 6.33. The minimum atomic E-state index is -1.09. The molecule has 0 spiro atoms. The third-order valence-electron chi connectivity index (χ3n) is 4.33. The van der Waals surface area contributed by atoms with Gasteiger partial charge in [0.05, 0.1) is 23.2 Å². The van der Waals surface area contributed by atoms with Gasteiger partial charge in [0.2, 0.25) is 0 Å². The Bertz CT molecular complexity index is 766. The molecule has 1 N–H and O–H groups in total. The Kier molecular flexibility index (Phi) is 6.28. The summed E-state index contributed by atoms with van der Waals surface area (Å²) in [7, 11) is 0. The summed E-state index contributed by atoms with van der Waals surface area (Å²) < 4.78 is 25.6. The van der Waals surface area contributed by atoms with Gasteiger partial charge < -0.3 is 14.6 Å². The molecule has 2 unspecified atom stereocenters. The third kappa shape index (κ3) is 4.56. The molecule has 26 heavy (non-hydrogen) atoms. The predicted octanol–water partition coefficient (Wildman–Crippen LogP) is 3.78. The van der Waals surface area contributed by atoms with Crippen LogP contribution in [-0.2, 0) is 11.3 Å². The molecule has 0 aliphatic rings. The number of hydrogen-bond donors (Lipinski definition) is 1. The number of rotatable bonds is 8. The first-order chi connectivity index (χ1) is 12.2. The zero-order chi connectivity index (χ0) is 19.3. The van der Waals surface area contributed by atoms with Crippen molar-refractivity contribution in [1.29, 1.82) is 0 Å². The van der Waals surface area contributed by atoms with Gasteiger partial charge in [-0.05, 0) is 32.4 Å². The van der Waals surface area contributed by atoms with Crippen molar-refractivity contribution in [1.82, 2.24) is 0 Å². The largest absolute Gasteiger partial charge is 0.487 e. The first kappa shape index (κ1) is 19.8. The standard InChI is InChI=1S/C19H22FNO5/c1-13-16(21(23)24)9-10-17(18(13)20)25-12-19(3,14(2)22)26-11-15-7-5-4-6-8-15/h4-10,14,22H,11-12H2,1-3H3. The Labute approximate surface area is 151 Å². The van der Waals surface area contributed by atoms with Crippen LogP contribution in [0.2, 0.25) is 0 Å². The van der Waals surface area contributed by atoms with Crippen LogP contribution in [0.25, 0.3) is 0 Å². The molecule has 140 valence electrons. The molecule has 2 aromatic rings. The van der Waals surface area contributed by atoms with Crippen molar-refractivity contribution in [3.63, 3.8) is 0 Å². The summed E-state index contributed by atoms with van der Waals surface area (Å²) in [4.78, 5) is 10.2. The Morgan fingerprint density at radius 2 is 1.92 bits per heavy atom. The molecular weight excluding hydrogens is 341 g/mol. The van der Waals surface area contributed by atoms with Crippen LogP contribution in [0.15, 0.2) is 42.5 Å². The van der Waals surface area contributed by atoms with Gasteiger partial charge in [0, 0.05) is 6.07 Å². The number of nitrogens with zero attached hydrogens (tertiary/aromatic N) is 1. The van der Waals surface area contributed by atoms with E-state index in [1.807, 2.05) is 30.3 Å². The summed E-state index contributed by atoms with van der Waals surface area (Å²) in [6.45, 7) is 4.68. The quantitative estimate of drug-likeness (QED) is 0.570. The normalized spacial score (nSPS) is 14.5. The van der Waals surface area contributed by atoms with Crippen LogP contribution in [0, 0.1) is 22.9 Å². The number of halogens is 1. The number of benzene rings is 2. The van der Waals surface area contributed by atoms with Gasteiger partial charge in [0.25, 0.3) is 5.69 Å². The molecule has 0 saturated carbocycles. The molecule has 0 fully saturated rings. The molecule has 0 aliphatic heterocycles. The Balaban J connectivity index is 2.11. The van der Waals surface area contributed by atoms with Crippen molar-refractivity contribution in [2.75, 3.05) is 6.61 Å². The molecule has 2 rings (SSSR count). The summed E-state index contributed by atoms with van der Waals surface area (Å²) >= 11 is 0. The average Bonchev–Trinajstić information content (AvgIpc) is 2.61. The molecule has 0 heterocycles. The van der Waals surface area contributed by atoms with E-state index in [2.05, 4.69) is 0 Å². The number of aliphatic hydroxyl groups is 1. The number of nitro benzene ring substituents is 1. The highest BCUT2D eigenvalue weighted by molar-refractivity contribution is 5.45. The van der Waals surface area contributed by atoms with Crippen LogP contribution in [0.3, 0.4) is 0 Å². The highest BCUT2D eigenvalue weighted by Gasteiger charge is 2.33. The van der Waals surface area contributed by atoms with E-state index in [1.165, 1.54) is 19.1 Å². The summed E-state index contributed by atoms with van der Waals surface area (Å²) in [5, 5.41) is 20.9. The van der Waals surface area contributed by atoms with E-state index < -0.39 is 22.4 Å². The zero-order valence-corrected chi connectivity index (χ0v) is 14.9. The first-order valence-corrected chi connectivity index (χ1v) is 8.17. The molecule has 2 atom stereocenters. The number of ether oxygens (including phenoxy) is 2. The maximum Gasteiger partial charge on any atom is 0.275 e. The van der Waals surface area contributed by atoms with E-state index in [0.29, 0.717) is 0 Å². The van der Waals surface area contributed by atoms with Gasteiger partial charge in [-0.15, -0.1) is 0 Å². The Morgan fingerprint density at radius 3 is 2.50 bits per heavy atom. The maximum atomic E-state index is 14.3. The van der Waals surface area contributed by atoms with E-state index in [-0.39, 0.29) is 30.2 Å². The average molecular weight is 363 g/mol. The Morgan fingerprint density at radius 1 is 1.27 bits per heavy atom. The fourth-order valence-electron chi connectivity index (χ4n) is 2.29. The lowest BCUT2D eigenvalue weighted by Gasteiger charge is -2.32. The molecule has 0 radical (unpaired) electrons. The number of aliphatic hydroxyl groups excluding tert-OH is 1. The lowest BCUT2D eigenvalue weighted by molar-refractivity contribution is -0.385. The van der Waals surface area contributed by atoms with Crippen molar-refractivity contribution < 1.29 is 23.9 Å². The first-order valence-electron chi connectivity index (χ1n) is 8.17. The summed E-state index contributed by atoms with van der Waals surface area (Å²) in [5.41, 5.74) is -0.570. The van der Waals surface area contributed by atoms with E-state index in [1.54, 1.807) is 13.8 Å². The van der Waals surface area contributed by atoms with Gasteiger partial charge in [-0.25, -0.2) is 4.39 Å². The van der Waals surface area contributed by atoms with Crippen LogP contribution < -0.4 is 4.74 Å². The van der Waals surface area contributed by atoms with E-state index in [9.17, 15) is 19.6 Å². The second kappa shape index (κ2) is 8.25. The van der Waals surface area contributed by atoms with Gasteiger partial charge in [0.1, 0.15) is 12.2 Å². The fourth-order valence-corrected chi connectivity index (χ4v) is 2.29. The van der Waals surface area contributed by atoms with Gasteiger partial charge >= 0.3 is 0 Å². The van der Waals surface area contributed by atoms with Gasteiger partial charge in [-0.2, -0.15) is 0 Å². The highest BCUT2D eigenvalue weighted by Crippen LogP contribution is 2.29. The van der Waals surface area contributed by atoms with Crippen LogP contribution in [-0.4, -0.2) is 28.3 Å². The molecule has 2 aromatic carbocycles. The van der Waals surface area contributed by atoms with Crippen LogP contribution in [0.5, 0.6) is 5.75 Å². The summed E-state index contributed by atoms with van der Waals surface area (Å²) in [6, 6.07) is 11.8. The molecule has 0 bridgehead atoms. The van der Waals surface area contributed by atoms with Gasteiger partial charge in [0.15, 0.2) is 11.6 Å². The lowest BCUT2D eigenvalue weighted by Crippen LogP contribution is -2.45. The molecule has 6 nitrogen and oxygen atoms in total. The smallest absolute Gasteiger partial charge is 0.275 e. The van der Waals surface area contributed by atoms with Crippen LogP contribution in [0.4, 0.5) is 10.1 Å². The number of nitro groups is 1. The minimum Gasteiger partial charge on any atom is -0.487 e. The number of hydrogen-bond acceptors (Lipinski definition) is 5. The van der Waals surface area contributed by atoms with Crippen molar-refractivity contribution in [3.05, 3.63) is 69.5 Å².